The van der Waals surface area contributed by atoms with Crippen molar-refractivity contribution in [3.05, 3.63) is 21.9 Å². The lowest BCUT2D eigenvalue weighted by Crippen LogP contribution is -2.38. The SMILES string of the molecule is COC(CN)CC(=O)N1CCc2sccc2C1. The fourth-order valence-corrected chi connectivity index (χ4v) is 2.94. The van der Waals surface area contributed by atoms with Gasteiger partial charge in [0, 0.05) is 31.6 Å². The van der Waals surface area contributed by atoms with Gasteiger partial charge in [0.15, 0.2) is 0 Å². The van der Waals surface area contributed by atoms with Gasteiger partial charge in [0.1, 0.15) is 0 Å². The molecule has 4 nitrogen and oxygen atoms in total. The maximum absolute atomic E-state index is 12.1. The molecule has 0 saturated heterocycles. The van der Waals surface area contributed by atoms with Gasteiger partial charge in [-0.1, -0.05) is 0 Å². The molecule has 1 aliphatic rings. The number of methoxy groups -OCH3 is 1. The minimum atomic E-state index is -0.161. The minimum absolute atomic E-state index is 0.138. The number of carbonyl (C=O) groups is 1. The molecular weight excluding hydrogens is 236 g/mol. The Labute approximate surface area is 105 Å². The minimum Gasteiger partial charge on any atom is -0.380 e. The summed E-state index contributed by atoms with van der Waals surface area (Å²) in [6.45, 7) is 1.94. The normalized spacial score (nSPS) is 16.7. The second-order valence-electron chi connectivity index (χ2n) is 4.23. The van der Waals surface area contributed by atoms with E-state index < -0.39 is 0 Å². The van der Waals surface area contributed by atoms with E-state index in [1.807, 2.05) is 4.90 Å². The van der Waals surface area contributed by atoms with Crippen molar-refractivity contribution in [1.82, 2.24) is 4.90 Å². The van der Waals surface area contributed by atoms with Gasteiger partial charge in [0.2, 0.25) is 5.91 Å². The van der Waals surface area contributed by atoms with Crippen molar-refractivity contribution in [3.63, 3.8) is 0 Å². The van der Waals surface area contributed by atoms with Crippen LogP contribution in [0.2, 0.25) is 0 Å². The molecule has 0 fully saturated rings. The molecule has 1 aromatic heterocycles. The van der Waals surface area contributed by atoms with Crippen molar-refractivity contribution in [2.75, 3.05) is 20.2 Å². The summed E-state index contributed by atoms with van der Waals surface area (Å²) in [5.41, 5.74) is 6.82. The van der Waals surface area contributed by atoms with Crippen LogP contribution in [-0.2, 0) is 22.5 Å². The van der Waals surface area contributed by atoms with Crippen molar-refractivity contribution in [3.8, 4) is 0 Å². The number of thiophene rings is 1. The summed E-state index contributed by atoms with van der Waals surface area (Å²) < 4.78 is 5.14. The number of hydrogen-bond donors (Lipinski definition) is 1. The van der Waals surface area contributed by atoms with E-state index in [4.69, 9.17) is 10.5 Å². The van der Waals surface area contributed by atoms with E-state index in [0.717, 1.165) is 19.5 Å². The molecule has 5 heteroatoms. The van der Waals surface area contributed by atoms with Gasteiger partial charge in [0.25, 0.3) is 0 Å². The molecule has 0 saturated carbocycles. The van der Waals surface area contributed by atoms with Gasteiger partial charge in [-0.05, 0) is 23.4 Å². The number of amides is 1. The molecule has 1 atom stereocenters. The topological polar surface area (TPSA) is 55.6 Å². The largest absolute Gasteiger partial charge is 0.380 e. The summed E-state index contributed by atoms with van der Waals surface area (Å²) in [7, 11) is 1.60. The van der Waals surface area contributed by atoms with E-state index in [1.54, 1.807) is 18.4 Å². The van der Waals surface area contributed by atoms with Gasteiger partial charge >= 0.3 is 0 Å². The van der Waals surface area contributed by atoms with Crippen LogP contribution in [0.4, 0.5) is 0 Å². The number of nitrogens with two attached hydrogens (primary N) is 1. The summed E-state index contributed by atoms with van der Waals surface area (Å²) >= 11 is 1.78. The first kappa shape index (κ1) is 12.5. The molecule has 2 N–H and O–H groups in total. The Morgan fingerprint density at radius 3 is 3.24 bits per heavy atom. The lowest BCUT2D eigenvalue weighted by molar-refractivity contribution is -0.134. The highest BCUT2D eigenvalue weighted by molar-refractivity contribution is 7.10. The Hall–Kier alpha value is -0.910. The lowest BCUT2D eigenvalue weighted by atomic mass is 10.1. The monoisotopic (exact) mass is 254 g/mol. The first-order valence-electron chi connectivity index (χ1n) is 5.80. The quantitative estimate of drug-likeness (QED) is 0.872. The summed E-state index contributed by atoms with van der Waals surface area (Å²) in [5, 5.41) is 2.09. The van der Waals surface area contributed by atoms with Crippen LogP contribution >= 0.6 is 11.3 Å². The Morgan fingerprint density at radius 1 is 1.71 bits per heavy atom. The lowest BCUT2D eigenvalue weighted by Gasteiger charge is -2.28. The number of ether oxygens (including phenoxy) is 1. The second kappa shape index (κ2) is 5.62. The van der Waals surface area contributed by atoms with Crippen LogP contribution in [0.3, 0.4) is 0 Å². The molecule has 1 unspecified atom stereocenters. The Balaban J connectivity index is 1.94. The molecule has 0 aliphatic carbocycles. The van der Waals surface area contributed by atoms with Crippen LogP contribution in [0.25, 0.3) is 0 Å². The maximum atomic E-state index is 12.1. The fraction of sp³-hybridized carbons (Fsp3) is 0.583. The van der Waals surface area contributed by atoms with Crippen LogP contribution in [0, 0.1) is 0 Å². The van der Waals surface area contributed by atoms with Gasteiger partial charge in [-0.3, -0.25) is 4.79 Å². The van der Waals surface area contributed by atoms with E-state index in [9.17, 15) is 4.79 Å². The number of fused-ring (bicyclic) bond motifs is 1. The van der Waals surface area contributed by atoms with Gasteiger partial charge < -0.3 is 15.4 Å². The Kier molecular flexibility index (Phi) is 4.15. The Bertz CT molecular complexity index is 388. The molecule has 1 amide bonds. The van der Waals surface area contributed by atoms with E-state index in [2.05, 4.69) is 11.4 Å². The van der Waals surface area contributed by atoms with E-state index in [1.165, 1.54) is 10.4 Å². The van der Waals surface area contributed by atoms with E-state index >= 15 is 0 Å². The molecule has 0 radical (unpaired) electrons. The molecule has 17 heavy (non-hydrogen) atoms. The van der Waals surface area contributed by atoms with Crippen molar-refractivity contribution in [1.29, 1.82) is 0 Å². The average Bonchev–Trinajstić information content (AvgIpc) is 2.82. The van der Waals surface area contributed by atoms with Gasteiger partial charge in [-0.25, -0.2) is 0 Å². The predicted molar refractivity (Wildman–Crippen MR) is 67.9 cm³/mol. The van der Waals surface area contributed by atoms with Crippen molar-refractivity contribution in [2.24, 2.45) is 5.73 Å². The molecule has 0 aromatic carbocycles. The highest BCUT2D eigenvalue weighted by Crippen LogP contribution is 2.24. The van der Waals surface area contributed by atoms with Crippen LogP contribution in [0.1, 0.15) is 16.9 Å². The highest BCUT2D eigenvalue weighted by atomic mass is 32.1. The summed E-state index contributed by atoms with van der Waals surface area (Å²) in [5.74, 6) is 0.138. The zero-order valence-corrected chi connectivity index (χ0v) is 10.8. The first-order valence-corrected chi connectivity index (χ1v) is 6.68. The zero-order chi connectivity index (χ0) is 12.3. The van der Waals surface area contributed by atoms with Crippen LogP contribution in [0.5, 0.6) is 0 Å². The molecule has 0 bridgehead atoms. The summed E-state index contributed by atoms with van der Waals surface area (Å²) in [6, 6.07) is 2.11. The molecule has 2 heterocycles. The zero-order valence-electron chi connectivity index (χ0n) is 10.0. The van der Waals surface area contributed by atoms with Crippen molar-refractivity contribution in [2.45, 2.75) is 25.5 Å². The fourth-order valence-electron chi connectivity index (χ4n) is 2.05. The number of hydrogen-bond acceptors (Lipinski definition) is 4. The Morgan fingerprint density at radius 2 is 2.53 bits per heavy atom. The van der Waals surface area contributed by atoms with Crippen molar-refractivity contribution >= 4 is 17.2 Å². The number of rotatable bonds is 4. The first-order chi connectivity index (χ1) is 8.24. The molecule has 1 aromatic rings. The van der Waals surface area contributed by atoms with Crippen LogP contribution in [-0.4, -0.2) is 37.1 Å². The van der Waals surface area contributed by atoms with Crippen LogP contribution < -0.4 is 5.73 Å². The van der Waals surface area contributed by atoms with Crippen LogP contribution in [0.15, 0.2) is 11.4 Å². The van der Waals surface area contributed by atoms with Gasteiger partial charge in [-0.15, -0.1) is 11.3 Å². The molecule has 94 valence electrons. The third-order valence-corrected chi connectivity index (χ3v) is 4.18. The average molecular weight is 254 g/mol. The van der Waals surface area contributed by atoms with Crippen molar-refractivity contribution < 1.29 is 9.53 Å². The molecule has 1 aliphatic heterocycles. The highest BCUT2D eigenvalue weighted by Gasteiger charge is 2.23. The van der Waals surface area contributed by atoms with Gasteiger partial charge in [0.05, 0.1) is 12.5 Å². The molecule has 2 rings (SSSR count). The second-order valence-corrected chi connectivity index (χ2v) is 5.23. The smallest absolute Gasteiger partial charge is 0.225 e. The molecular formula is C12H18N2O2S. The van der Waals surface area contributed by atoms with Gasteiger partial charge in [-0.2, -0.15) is 0 Å². The van der Waals surface area contributed by atoms with E-state index in [0.29, 0.717) is 13.0 Å². The third kappa shape index (κ3) is 2.86. The summed E-state index contributed by atoms with van der Waals surface area (Å²) in [4.78, 5) is 15.4. The standard InChI is InChI=1S/C12H18N2O2S/c1-16-10(7-13)6-12(15)14-4-2-11-9(8-14)3-5-17-11/h3,5,10H,2,4,6-8,13H2,1H3. The third-order valence-electron chi connectivity index (χ3n) is 3.16. The number of carbonyl (C=O) groups excluding carboxylic acids is 1. The predicted octanol–water partition coefficient (Wildman–Crippen LogP) is 0.997. The molecule has 0 spiro atoms. The summed E-state index contributed by atoms with van der Waals surface area (Å²) in [6.07, 6.45) is 1.19. The maximum Gasteiger partial charge on any atom is 0.225 e. The van der Waals surface area contributed by atoms with E-state index in [-0.39, 0.29) is 12.0 Å². The number of nitrogens with zero attached hydrogens (tertiary/aromatic N) is 1.